The number of aromatic amines is 1. The predicted molar refractivity (Wildman–Crippen MR) is 188 cm³/mol. The van der Waals surface area contributed by atoms with Gasteiger partial charge in [-0.1, -0.05) is 27.7 Å². The maximum absolute atomic E-state index is 12.2. The first kappa shape index (κ1) is 33.5. The van der Waals surface area contributed by atoms with Crippen molar-refractivity contribution in [3.63, 3.8) is 0 Å². The highest BCUT2D eigenvalue weighted by atomic mass is 16.3. The summed E-state index contributed by atoms with van der Waals surface area (Å²) in [7, 11) is 0. The van der Waals surface area contributed by atoms with Gasteiger partial charge in [0.05, 0.1) is 23.2 Å². The normalized spacial score (nSPS) is 54.4. The molecule has 48 heavy (non-hydrogen) atoms. The zero-order valence-electron chi connectivity index (χ0n) is 30.8. The molecule has 0 aromatic carbocycles. The molecule has 4 N–H and O–H groups in total. The van der Waals surface area contributed by atoms with Crippen LogP contribution < -0.4 is 0 Å². The Bertz CT molecular complexity index is 1480. The molecule has 266 valence electrons. The quantitative estimate of drug-likeness (QED) is 0.165. The largest absolute Gasteiger partial charge is 0.515 e. The van der Waals surface area contributed by atoms with Crippen molar-refractivity contribution in [3.8, 4) is 0 Å². The van der Waals surface area contributed by atoms with E-state index in [2.05, 4.69) is 51.0 Å². The number of Topliss-reactive ketones (excluding diaryl/α,β-unsaturated/α-hetero) is 1. The van der Waals surface area contributed by atoms with Crippen LogP contribution in [-0.4, -0.2) is 42.5 Å². The van der Waals surface area contributed by atoms with Crippen molar-refractivity contribution in [2.24, 2.45) is 69.0 Å². The molecule has 0 saturated heterocycles. The smallest absolute Gasteiger partial charge is 0.162 e. The Morgan fingerprint density at radius 2 is 1.19 bits per heavy atom. The Hall–Kier alpha value is -1.66. The number of fused-ring (bicyclic) bond motifs is 11. The lowest BCUT2D eigenvalue weighted by Crippen LogP contribution is -2.56. The number of hydrogen-bond donors (Lipinski definition) is 4. The molecule has 7 saturated carbocycles. The summed E-state index contributed by atoms with van der Waals surface area (Å²) in [6.45, 7) is 13.8. The van der Waals surface area contributed by atoms with Gasteiger partial charge in [-0.05, 0) is 185 Å². The summed E-state index contributed by atoms with van der Waals surface area (Å²) >= 11 is 0. The second-order valence-corrected chi connectivity index (χ2v) is 20.0. The highest BCUT2D eigenvalue weighted by Gasteiger charge is 2.65. The van der Waals surface area contributed by atoms with E-state index in [-0.39, 0.29) is 22.0 Å². The van der Waals surface area contributed by atoms with Gasteiger partial charge in [0.1, 0.15) is 0 Å². The summed E-state index contributed by atoms with van der Waals surface area (Å²) in [5.74, 6) is 5.75. The van der Waals surface area contributed by atoms with Crippen molar-refractivity contribution < 1.29 is 20.1 Å². The van der Waals surface area contributed by atoms with Crippen LogP contribution in [0.1, 0.15) is 143 Å². The molecule has 14 atom stereocenters. The van der Waals surface area contributed by atoms with Crippen molar-refractivity contribution in [1.82, 2.24) is 10.2 Å². The highest BCUT2D eigenvalue weighted by molar-refractivity contribution is 5.96. The van der Waals surface area contributed by atoms with Crippen molar-refractivity contribution in [1.29, 1.82) is 0 Å². The van der Waals surface area contributed by atoms with Gasteiger partial charge in [0.25, 0.3) is 0 Å². The third-order valence-corrected chi connectivity index (χ3v) is 18.6. The fourth-order valence-electron chi connectivity index (χ4n) is 15.1. The molecule has 8 aliphatic rings. The first-order valence-electron chi connectivity index (χ1n) is 19.9. The number of ketones is 1. The van der Waals surface area contributed by atoms with Crippen molar-refractivity contribution in [3.05, 3.63) is 29.3 Å². The Morgan fingerprint density at radius 1 is 0.688 bits per heavy atom. The molecule has 0 spiro atoms. The van der Waals surface area contributed by atoms with Gasteiger partial charge < -0.3 is 15.3 Å². The molecule has 0 bridgehead atoms. The zero-order valence-corrected chi connectivity index (χ0v) is 30.8. The van der Waals surface area contributed by atoms with Gasteiger partial charge in [-0.15, -0.1) is 0 Å². The van der Waals surface area contributed by atoms with Crippen LogP contribution in [-0.2, 0) is 17.6 Å². The summed E-state index contributed by atoms with van der Waals surface area (Å²) in [6, 6.07) is 0. The van der Waals surface area contributed by atoms with E-state index in [1.165, 1.54) is 62.6 Å². The second-order valence-electron chi connectivity index (χ2n) is 20.0. The summed E-state index contributed by atoms with van der Waals surface area (Å²) in [5.41, 5.74) is 3.24. The number of nitrogens with one attached hydrogen (secondary N) is 1. The lowest BCUT2D eigenvalue weighted by Gasteiger charge is -2.61. The van der Waals surface area contributed by atoms with Gasteiger partial charge in [0.15, 0.2) is 5.78 Å². The number of aliphatic hydroxyl groups excluding tert-OH is 1. The molecule has 1 aromatic heterocycles. The van der Waals surface area contributed by atoms with Crippen LogP contribution in [0.15, 0.2) is 18.0 Å². The number of aliphatic hydroxyl groups is 3. The molecule has 0 radical (unpaired) electrons. The molecule has 6 nitrogen and oxygen atoms in total. The van der Waals surface area contributed by atoms with Gasteiger partial charge in [-0.25, -0.2) is 0 Å². The monoisotopic (exact) mass is 660 g/mol. The van der Waals surface area contributed by atoms with Crippen molar-refractivity contribution in [2.45, 2.75) is 155 Å². The summed E-state index contributed by atoms with van der Waals surface area (Å²) in [6.07, 6.45) is 21.2. The number of carbonyl (C=O) groups excluding carboxylic acids is 1. The second kappa shape index (κ2) is 10.9. The van der Waals surface area contributed by atoms with E-state index in [0.717, 1.165) is 74.9 Å². The first-order chi connectivity index (χ1) is 22.6. The number of rotatable bonds is 0. The Labute approximate surface area is 289 Å². The Kier molecular flexibility index (Phi) is 7.62. The number of carbonyl (C=O) groups is 1. The van der Waals surface area contributed by atoms with Gasteiger partial charge in [0.2, 0.25) is 0 Å². The third kappa shape index (κ3) is 4.48. The molecule has 1 aromatic rings. The zero-order chi connectivity index (χ0) is 34.1. The van der Waals surface area contributed by atoms with Crippen LogP contribution in [0.5, 0.6) is 0 Å². The van der Waals surface area contributed by atoms with Crippen LogP contribution in [0, 0.1) is 69.0 Å². The number of allylic oxidation sites excluding steroid dienone is 1. The van der Waals surface area contributed by atoms with E-state index in [0.29, 0.717) is 41.1 Å². The van der Waals surface area contributed by atoms with E-state index >= 15 is 0 Å². The lowest BCUT2D eigenvalue weighted by molar-refractivity contribution is -0.147. The van der Waals surface area contributed by atoms with Gasteiger partial charge in [0, 0.05) is 18.2 Å². The van der Waals surface area contributed by atoms with Crippen LogP contribution >= 0.6 is 0 Å². The number of H-pyrrole nitrogens is 1. The van der Waals surface area contributed by atoms with Gasteiger partial charge >= 0.3 is 0 Å². The number of hydrogen-bond acceptors (Lipinski definition) is 5. The minimum absolute atomic E-state index is 0.0531. The van der Waals surface area contributed by atoms with E-state index in [1.807, 2.05) is 6.92 Å². The molecule has 8 aliphatic carbocycles. The third-order valence-electron chi connectivity index (χ3n) is 18.6. The minimum atomic E-state index is -0.529. The highest BCUT2D eigenvalue weighted by Crippen LogP contribution is 2.69. The van der Waals surface area contributed by atoms with Gasteiger partial charge in [-0.2, -0.15) is 5.10 Å². The SMILES string of the molecule is C[C@]12C/C(=C/O)C(=O)C[C@@H]1CC[C@@H]1[C@@H]2CC[C@@]2(C)[C@H]1CC[C@]2(C)O.C[C@]12Cc3c[nH]nc3C[C@@H]1CC[C@@H]1[C@@H]2CC[C@@]2(C)[C@H]1CC[C@]2(C)O. The summed E-state index contributed by atoms with van der Waals surface area (Å²) in [5, 5.41) is 39.1. The molecule has 1 heterocycles. The average Bonchev–Trinajstić information content (AvgIpc) is 3.66. The maximum atomic E-state index is 12.2. The van der Waals surface area contributed by atoms with Crippen molar-refractivity contribution in [2.75, 3.05) is 0 Å². The number of aromatic nitrogens is 2. The summed E-state index contributed by atoms with van der Waals surface area (Å²) in [4.78, 5) is 12.2. The molecule has 6 heteroatoms. The van der Waals surface area contributed by atoms with Gasteiger partial charge in [-0.3, -0.25) is 9.89 Å². The van der Waals surface area contributed by atoms with E-state index in [9.17, 15) is 20.1 Å². The summed E-state index contributed by atoms with van der Waals surface area (Å²) < 4.78 is 0. The minimum Gasteiger partial charge on any atom is -0.515 e. The maximum Gasteiger partial charge on any atom is 0.162 e. The van der Waals surface area contributed by atoms with E-state index < -0.39 is 11.2 Å². The Balaban J connectivity index is 0.000000140. The molecule has 0 amide bonds. The molecule has 9 rings (SSSR count). The molecular weight excluding hydrogens is 596 g/mol. The topological polar surface area (TPSA) is 106 Å². The Morgan fingerprint density at radius 3 is 1.73 bits per heavy atom. The van der Waals surface area contributed by atoms with E-state index in [4.69, 9.17) is 0 Å². The molecule has 0 unspecified atom stereocenters. The first-order valence-corrected chi connectivity index (χ1v) is 19.9. The molecule has 0 aliphatic heterocycles. The van der Waals surface area contributed by atoms with Crippen LogP contribution in [0.3, 0.4) is 0 Å². The number of nitrogens with zero attached hydrogens (tertiary/aromatic N) is 1. The lowest BCUT2D eigenvalue weighted by atomic mass is 9.44. The predicted octanol–water partition coefficient (Wildman–Crippen LogP) is 8.52. The fraction of sp³-hybridized carbons (Fsp3) is 0.857. The fourth-order valence-corrected chi connectivity index (χ4v) is 15.1. The van der Waals surface area contributed by atoms with E-state index in [1.54, 1.807) is 0 Å². The van der Waals surface area contributed by atoms with Crippen LogP contribution in [0.2, 0.25) is 0 Å². The molecule has 7 fully saturated rings. The van der Waals surface area contributed by atoms with Crippen LogP contribution in [0.4, 0.5) is 0 Å². The van der Waals surface area contributed by atoms with Crippen molar-refractivity contribution >= 4 is 5.78 Å². The average molecular weight is 661 g/mol. The standard InChI is InChI=1S/C21H32N2O.C21H32O3/c1-19-11-13-12-22-23-18(13)10-14(19)4-5-15-16(19)6-8-20(2)17(15)7-9-21(20,3)24;1-19-11-13(12-22)18(23)10-14(19)4-5-15-16(19)6-8-20(2)17(15)7-9-21(20,3)24/h12,14-17,24H,4-11H2,1-3H3,(H,22,23);12,14-17,22,24H,4-11H2,1-3H3/b;13-12-/t2*14-,15+,16-,17-,19-,20-,21-/m00/s1. The molecular formula is C42H64N2O4. The van der Waals surface area contributed by atoms with Crippen LogP contribution in [0.25, 0.3) is 0 Å².